The maximum atomic E-state index is 10.2. The van der Waals surface area contributed by atoms with E-state index < -0.39 is 0 Å². The summed E-state index contributed by atoms with van der Waals surface area (Å²) >= 11 is 0. The third kappa shape index (κ3) is 3.73. The van der Waals surface area contributed by atoms with Gasteiger partial charge in [-0.1, -0.05) is 39.0 Å². The van der Waals surface area contributed by atoms with Crippen LogP contribution >= 0.6 is 0 Å². The molecule has 2 nitrogen and oxygen atoms in total. The first-order valence-corrected chi connectivity index (χ1v) is 7.49. The Hall–Kier alpha value is -1.02. The highest BCUT2D eigenvalue weighted by atomic mass is 16.3. The van der Waals surface area contributed by atoms with Crippen molar-refractivity contribution in [3.63, 3.8) is 0 Å². The van der Waals surface area contributed by atoms with Crippen LogP contribution in [0.4, 0.5) is 5.69 Å². The van der Waals surface area contributed by atoms with E-state index in [1.165, 1.54) is 30.5 Å². The molecule has 1 atom stereocenters. The van der Waals surface area contributed by atoms with Crippen LogP contribution in [0.1, 0.15) is 45.6 Å². The summed E-state index contributed by atoms with van der Waals surface area (Å²) in [6.07, 6.45) is 4.32. The summed E-state index contributed by atoms with van der Waals surface area (Å²) in [7, 11) is 0. The average Bonchev–Trinajstić information content (AvgIpc) is 2.57. The van der Waals surface area contributed by atoms with Crippen molar-refractivity contribution >= 4 is 5.69 Å². The Morgan fingerprint density at radius 3 is 2.68 bits per heavy atom. The van der Waals surface area contributed by atoms with Gasteiger partial charge in [0.1, 0.15) is 0 Å². The second-order valence-corrected chi connectivity index (χ2v) is 6.74. The topological polar surface area (TPSA) is 23.5 Å². The summed E-state index contributed by atoms with van der Waals surface area (Å²) < 4.78 is 0. The van der Waals surface area contributed by atoms with Crippen molar-refractivity contribution in [2.75, 3.05) is 18.0 Å². The van der Waals surface area contributed by atoms with Gasteiger partial charge in [0.2, 0.25) is 0 Å². The highest BCUT2D eigenvalue weighted by molar-refractivity contribution is 5.54. The molecule has 0 aromatic heterocycles. The molecule has 2 rings (SSSR count). The maximum Gasteiger partial charge on any atom is 0.0605 e. The second-order valence-electron chi connectivity index (χ2n) is 6.74. The average molecular weight is 261 g/mol. The van der Waals surface area contributed by atoms with E-state index in [-0.39, 0.29) is 11.5 Å². The summed E-state index contributed by atoms with van der Waals surface area (Å²) in [6, 6.07) is 8.72. The Morgan fingerprint density at radius 2 is 1.95 bits per heavy atom. The molecule has 19 heavy (non-hydrogen) atoms. The molecule has 0 saturated carbocycles. The molecule has 1 N–H and O–H groups in total. The molecule has 0 radical (unpaired) electrons. The van der Waals surface area contributed by atoms with Gasteiger partial charge >= 0.3 is 0 Å². The van der Waals surface area contributed by atoms with Gasteiger partial charge in [0.05, 0.1) is 6.10 Å². The third-order valence-corrected chi connectivity index (χ3v) is 4.13. The van der Waals surface area contributed by atoms with Crippen LogP contribution in [-0.2, 0) is 6.42 Å². The van der Waals surface area contributed by atoms with Crippen molar-refractivity contribution < 1.29 is 5.11 Å². The Morgan fingerprint density at radius 1 is 1.21 bits per heavy atom. The largest absolute Gasteiger partial charge is 0.393 e. The number of rotatable bonds is 3. The molecule has 1 aromatic carbocycles. The molecular weight excluding hydrogens is 234 g/mol. The van der Waals surface area contributed by atoms with Crippen LogP contribution in [0.3, 0.4) is 0 Å². The predicted molar refractivity (Wildman–Crippen MR) is 81.7 cm³/mol. The van der Waals surface area contributed by atoms with E-state index in [2.05, 4.69) is 49.9 Å². The van der Waals surface area contributed by atoms with E-state index in [9.17, 15) is 5.11 Å². The number of hydrogen-bond acceptors (Lipinski definition) is 2. The van der Waals surface area contributed by atoms with Gasteiger partial charge in [-0.3, -0.25) is 0 Å². The highest BCUT2D eigenvalue weighted by Gasteiger charge is 2.23. The van der Waals surface area contributed by atoms with Crippen LogP contribution in [0.15, 0.2) is 24.3 Å². The molecule has 2 heteroatoms. The minimum atomic E-state index is -0.233. The van der Waals surface area contributed by atoms with E-state index in [1.807, 2.05) is 0 Å². The summed E-state index contributed by atoms with van der Waals surface area (Å²) in [6.45, 7) is 8.39. The molecule has 106 valence electrons. The van der Waals surface area contributed by atoms with Crippen LogP contribution in [0.2, 0.25) is 0 Å². The number of benzene rings is 1. The van der Waals surface area contributed by atoms with Crippen LogP contribution in [0, 0.1) is 5.41 Å². The molecular formula is C17H27NO. The minimum Gasteiger partial charge on any atom is -0.393 e. The Labute approximate surface area is 117 Å². The number of aliphatic hydroxyl groups is 1. The van der Waals surface area contributed by atoms with Crippen molar-refractivity contribution in [2.24, 2.45) is 5.41 Å². The zero-order valence-corrected chi connectivity index (χ0v) is 12.5. The molecule has 0 spiro atoms. The molecule has 1 aliphatic rings. The van der Waals surface area contributed by atoms with Crippen molar-refractivity contribution in [1.82, 2.24) is 0 Å². The van der Waals surface area contributed by atoms with Crippen LogP contribution < -0.4 is 4.90 Å². The normalized spacial score (nSPS) is 17.8. The molecule has 1 unspecified atom stereocenters. The molecule has 0 saturated heterocycles. The third-order valence-electron chi connectivity index (χ3n) is 4.13. The summed E-state index contributed by atoms with van der Waals surface area (Å²) in [5.74, 6) is 0. The number of para-hydroxylation sites is 1. The fourth-order valence-electron chi connectivity index (χ4n) is 2.71. The van der Waals surface area contributed by atoms with E-state index in [0.29, 0.717) is 0 Å². The van der Waals surface area contributed by atoms with E-state index in [4.69, 9.17) is 0 Å². The fraction of sp³-hybridized carbons (Fsp3) is 0.647. The van der Waals surface area contributed by atoms with Crippen molar-refractivity contribution in [3.8, 4) is 0 Å². The zero-order chi connectivity index (χ0) is 13.9. The first-order chi connectivity index (χ1) is 8.98. The molecule has 1 aromatic rings. The van der Waals surface area contributed by atoms with Gasteiger partial charge in [0.15, 0.2) is 0 Å². The fourth-order valence-corrected chi connectivity index (χ4v) is 2.71. The SMILES string of the molecule is CC(C)(C)C(O)CCN1CCCCc2ccccc21. The van der Waals surface area contributed by atoms with Gasteiger partial charge < -0.3 is 10.0 Å². The van der Waals surface area contributed by atoms with E-state index in [0.717, 1.165) is 19.5 Å². The van der Waals surface area contributed by atoms with Gasteiger partial charge in [-0.25, -0.2) is 0 Å². The summed E-state index contributed by atoms with van der Waals surface area (Å²) in [5, 5.41) is 10.2. The number of anilines is 1. The number of fused-ring (bicyclic) bond motifs is 1. The van der Waals surface area contributed by atoms with Gasteiger partial charge in [0.25, 0.3) is 0 Å². The first-order valence-electron chi connectivity index (χ1n) is 7.49. The maximum absolute atomic E-state index is 10.2. The van der Waals surface area contributed by atoms with Crippen molar-refractivity contribution in [1.29, 1.82) is 0 Å². The molecule has 0 fully saturated rings. The van der Waals surface area contributed by atoms with Crippen molar-refractivity contribution in [2.45, 2.75) is 52.6 Å². The lowest BCUT2D eigenvalue weighted by Crippen LogP contribution is -2.33. The van der Waals surface area contributed by atoms with Gasteiger partial charge in [0, 0.05) is 18.8 Å². The number of hydrogen-bond donors (Lipinski definition) is 1. The number of nitrogens with zero attached hydrogens (tertiary/aromatic N) is 1. The molecule has 0 bridgehead atoms. The second kappa shape index (κ2) is 5.96. The monoisotopic (exact) mass is 261 g/mol. The quantitative estimate of drug-likeness (QED) is 0.898. The molecule has 1 aliphatic heterocycles. The Kier molecular flexibility index (Phi) is 4.51. The van der Waals surface area contributed by atoms with Gasteiger partial charge in [-0.05, 0) is 42.7 Å². The number of aliphatic hydroxyl groups excluding tert-OH is 1. The van der Waals surface area contributed by atoms with E-state index in [1.54, 1.807) is 0 Å². The molecule has 1 heterocycles. The number of aryl methyl sites for hydroxylation is 1. The van der Waals surface area contributed by atoms with Crippen molar-refractivity contribution in [3.05, 3.63) is 29.8 Å². The van der Waals surface area contributed by atoms with Crippen LogP contribution in [0.5, 0.6) is 0 Å². The predicted octanol–water partition coefficient (Wildman–Crippen LogP) is 3.63. The zero-order valence-electron chi connectivity index (χ0n) is 12.5. The van der Waals surface area contributed by atoms with Gasteiger partial charge in [-0.15, -0.1) is 0 Å². The van der Waals surface area contributed by atoms with Crippen LogP contribution in [-0.4, -0.2) is 24.3 Å². The molecule has 0 amide bonds. The Bertz CT molecular complexity index is 408. The lowest BCUT2D eigenvalue weighted by atomic mass is 9.87. The standard InChI is InChI=1S/C17H27NO/c1-17(2,3)16(19)11-13-18-12-7-6-9-14-8-4-5-10-15(14)18/h4-5,8,10,16,19H,6-7,9,11-13H2,1-3H3. The van der Waals surface area contributed by atoms with Crippen LogP contribution in [0.25, 0.3) is 0 Å². The van der Waals surface area contributed by atoms with Gasteiger partial charge in [-0.2, -0.15) is 0 Å². The first kappa shape index (κ1) is 14.4. The van der Waals surface area contributed by atoms with E-state index >= 15 is 0 Å². The smallest absolute Gasteiger partial charge is 0.0605 e. The summed E-state index contributed by atoms with van der Waals surface area (Å²) in [4.78, 5) is 2.46. The summed E-state index contributed by atoms with van der Waals surface area (Å²) in [5.41, 5.74) is 2.82. The molecule has 0 aliphatic carbocycles. The Balaban J connectivity index is 2.04. The minimum absolute atomic E-state index is 0.0225. The highest BCUT2D eigenvalue weighted by Crippen LogP contribution is 2.28. The lowest BCUT2D eigenvalue weighted by molar-refractivity contribution is 0.0574. The lowest BCUT2D eigenvalue weighted by Gasteiger charge is -2.30.